The highest BCUT2D eigenvalue weighted by atomic mass is 16.5. The van der Waals surface area contributed by atoms with Gasteiger partial charge in [-0.25, -0.2) is 0 Å². The van der Waals surface area contributed by atoms with Crippen molar-refractivity contribution in [2.75, 3.05) is 20.3 Å². The second kappa shape index (κ2) is 6.92. The number of aliphatic hydroxyl groups is 1. The van der Waals surface area contributed by atoms with Gasteiger partial charge in [0, 0.05) is 12.6 Å². The predicted molar refractivity (Wildman–Crippen MR) is 77.3 cm³/mol. The molecule has 0 amide bonds. The summed E-state index contributed by atoms with van der Waals surface area (Å²) in [5.74, 6) is 2.20. The van der Waals surface area contributed by atoms with Crippen molar-refractivity contribution in [1.82, 2.24) is 5.32 Å². The Kier molecular flexibility index (Phi) is 5.23. The van der Waals surface area contributed by atoms with Crippen molar-refractivity contribution in [1.29, 1.82) is 0 Å². The topological polar surface area (TPSA) is 41.5 Å². The fourth-order valence-electron chi connectivity index (χ4n) is 2.45. The van der Waals surface area contributed by atoms with Crippen LogP contribution in [-0.2, 0) is 0 Å². The maximum Gasteiger partial charge on any atom is 0.118 e. The van der Waals surface area contributed by atoms with Crippen LogP contribution in [0.5, 0.6) is 5.75 Å². The van der Waals surface area contributed by atoms with Crippen molar-refractivity contribution >= 4 is 0 Å². The first-order valence-corrected chi connectivity index (χ1v) is 7.22. The quantitative estimate of drug-likeness (QED) is 0.758. The Balaban J connectivity index is 1.95. The van der Waals surface area contributed by atoms with E-state index in [0.717, 1.165) is 24.6 Å². The minimum Gasteiger partial charge on any atom is -0.497 e. The number of ether oxygens (including phenoxy) is 1. The lowest BCUT2D eigenvalue weighted by molar-refractivity contribution is 0.256. The monoisotopic (exact) mass is 263 g/mol. The van der Waals surface area contributed by atoms with Crippen LogP contribution in [0, 0.1) is 11.8 Å². The van der Waals surface area contributed by atoms with E-state index in [4.69, 9.17) is 9.84 Å². The molecule has 0 radical (unpaired) electrons. The molecule has 1 saturated carbocycles. The third-order valence-electron chi connectivity index (χ3n) is 3.88. The largest absolute Gasteiger partial charge is 0.497 e. The molecule has 2 atom stereocenters. The molecule has 1 aromatic rings. The van der Waals surface area contributed by atoms with E-state index in [1.165, 1.54) is 18.4 Å². The molecule has 0 spiro atoms. The van der Waals surface area contributed by atoms with Gasteiger partial charge in [0.25, 0.3) is 0 Å². The molecule has 1 aliphatic carbocycles. The van der Waals surface area contributed by atoms with E-state index in [1.807, 2.05) is 12.1 Å². The zero-order valence-electron chi connectivity index (χ0n) is 11.9. The molecule has 1 aliphatic rings. The molecule has 0 heterocycles. The van der Waals surface area contributed by atoms with Gasteiger partial charge in [-0.2, -0.15) is 0 Å². The minimum atomic E-state index is 0.277. The standard InChI is InChI=1S/C16H25NO2/c1-12(9-10-18)11-17-16(13-3-4-13)14-5-7-15(19-2)8-6-14/h5-8,12-13,16-18H,3-4,9-11H2,1-2H3. The van der Waals surface area contributed by atoms with Crippen LogP contribution in [0.25, 0.3) is 0 Å². The second-order valence-corrected chi connectivity index (χ2v) is 5.61. The Morgan fingerprint density at radius 1 is 1.32 bits per heavy atom. The van der Waals surface area contributed by atoms with Crippen molar-refractivity contribution in [2.24, 2.45) is 11.8 Å². The van der Waals surface area contributed by atoms with E-state index in [1.54, 1.807) is 7.11 Å². The zero-order chi connectivity index (χ0) is 13.7. The highest BCUT2D eigenvalue weighted by Crippen LogP contribution is 2.41. The van der Waals surface area contributed by atoms with E-state index in [2.05, 4.69) is 24.4 Å². The molecule has 2 rings (SSSR count). The molecule has 0 bridgehead atoms. The van der Waals surface area contributed by atoms with Crippen LogP contribution in [-0.4, -0.2) is 25.4 Å². The van der Waals surface area contributed by atoms with Gasteiger partial charge in [0.05, 0.1) is 7.11 Å². The van der Waals surface area contributed by atoms with Crippen LogP contribution in [0.2, 0.25) is 0 Å². The number of methoxy groups -OCH3 is 1. The molecule has 3 heteroatoms. The van der Waals surface area contributed by atoms with Gasteiger partial charge < -0.3 is 15.2 Å². The Morgan fingerprint density at radius 3 is 2.53 bits per heavy atom. The fraction of sp³-hybridized carbons (Fsp3) is 0.625. The van der Waals surface area contributed by atoms with E-state index in [0.29, 0.717) is 12.0 Å². The number of nitrogens with one attached hydrogen (secondary N) is 1. The van der Waals surface area contributed by atoms with Gasteiger partial charge in [0.15, 0.2) is 0 Å². The van der Waals surface area contributed by atoms with Gasteiger partial charge >= 0.3 is 0 Å². The zero-order valence-corrected chi connectivity index (χ0v) is 11.9. The van der Waals surface area contributed by atoms with Gasteiger partial charge in [0.2, 0.25) is 0 Å². The summed E-state index contributed by atoms with van der Waals surface area (Å²) in [5.41, 5.74) is 1.35. The molecule has 2 N–H and O–H groups in total. The van der Waals surface area contributed by atoms with Crippen molar-refractivity contribution in [3.63, 3.8) is 0 Å². The van der Waals surface area contributed by atoms with Crippen LogP contribution in [0.3, 0.4) is 0 Å². The normalized spacial score (nSPS) is 18.1. The second-order valence-electron chi connectivity index (χ2n) is 5.61. The molecule has 0 aromatic heterocycles. The average Bonchev–Trinajstić information content (AvgIpc) is 3.25. The number of rotatable bonds is 8. The molecule has 2 unspecified atom stereocenters. The fourth-order valence-corrected chi connectivity index (χ4v) is 2.45. The van der Waals surface area contributed by atoms with Gasteiger partial charge in [-0.05, 0) is 55.3 Å². The van der Waals surface area contributed by atoms with Gasteiger partial charge in [0.1, 0.15) is 5.75 Å². The lowest BCUT2D eigenvalue weighted by Crippen LogP contribution is -2.28. The van der Waals surface area contributed by atoms with E-state index >= 15 is 0 Å². The maximum absolute atomic E-state index is 8.96. The highest BCUT2D eigenvalue weighted by Gasteiger charge is 2.32. The third kappa shape index (κ3) is 4.22. The Labute approximate surface area is 116 Å². The summed E-state index contributed by atoms with van der Waals surface area (Å²) in [6.45, 7) is 3.43. The molecule has 106 valence electrons. The summed E-state index contributed by atoms with van der Waals surface area (Å²) in [6, 6.07) is 8.83. The van der Waals surface area contributed by atoms with Crippen molar-refractivity contribution in [3.8, 4) is 5.75 Å². The number of aliphatic hydroxyl groups excluding tert-OH is 1. The molecular formula is C16H25NO2. The molecule has 3 nitrogen and oxygen atoms in total. The van der Waals surface area contributed by atoms with Crippen LogP contribution >= 0.6 is 0 Å². The average molecular weight is 263 g/mol. The van der Waals surface area contributed by atoms with Crippen molar-refractivity contribution in [2.45, 2.75) is 32.2 Å². The Bertz CT molecular complexity index is 373. The summed E-state index contributed by atoms with van der Waals surface area (Å²) in [6.07, 6.45) is 3.50. The van der Waals surface area contributed by atoms with Crippen LogP contribution < -0.4 is 10.1 Å². The lowest BCUT2D eigenvalue weighted by atomic mass is 10.0. The van der Waals surface area contributed by atoms with E-state index < -0.39 is 0 Å². The maximum atomic E-state index is 8.96. The van der Waals surface area contributed by atoms with Crippen molar-refractivity contribution < 1.29 is 9.84 Å². The van der Waals surface area contributed by atoms with Crippen LogP contribution in [0.4, 0.5) is 0 Å². The molecule has 19 heavy (non-hydrogen) atoms. The molecule has 1 aromatic carbocycles. The van der Waals surface area contributed by atoms with Crippen molar-refractivity contribution in [3.05, 3.63) is 29.8 Å². The predicted octanol–water partition coefficient (Wildman–Crippen LogP) is 2.75. The first kappa shape index (κ1) is 14.4. The highest BCUT2D eigenvalue weighted by molar-refractivity contribution is 5.30. The minimum absolute atomic E-state index is 0.277. The van der Waals surface area contributed by atoms with Gasteiger partial charge in [-0.3, -0.25) is 0 Å². The van der Waals surface area contributed by atoms with E-state index in [-0.39, 0.29) is 6.61 Å². The molecule has 1 fully saturated rings. The van der Waals surface area contributed by atoms with Crippen LogP contribution in [0.1, 0.15) is 37.8 Å². The number of hydrogen-bond donors (Lipinski definition) is 2. The number of benzene rings is 1. The van der Waals surface area contributed by atoms with Crippen LogP contribution in [0.15, 0.2) is 24.3 Å². The summed E-state index contributed by atoms with van der Waals surface area (Å²) in [4.78, 5) is 0. The molecular weight excluding hydrogens is 238 g/mol. The summed E-state index contributed by atoms with van der Waals surface area (Å²) in [5, 5.41) is 12.6. The molecule has 0 aliphatic heterocycles. The van der Waals surface area contributed by atoms with Gasteiger partial charge in [-0.1, -0.05) is 19.1 Å². The summed E-state index contributed by atoms with van der Waals surface area (Å²) < 4.78 is 5.21. The Hall–Kier alpha value is -1.06. The first-order chi connectivity index (χ1) is 9.24. The first-order valence-electron chi connectivity index (χ1n) is 7.22. The summed E-state index contributed by atoms with van der Waals surface area (Å²) >= 11 is 0. The number of hydrogen-bond acceptors (Lipinski definition) is 3. The SMILES string of the molecule is COc1ccc(C(NCC(C)CCO)C2CC2)cc1. The lowest BCUT2D eigenvalue weighted by Gasteiger charge is -2.21. The smallest absolute Gasteiger partial charge is 0.118 e. The van der Waals surface area contributed by atoms with Gasteiger partial charge in [-0.15, -0.1) is 0 Å². The molecule has 0 saturated heterocycles. The third-order valence-corrected chi connectivity index (χ3v) is 3.88. The van der Waals surface area contributed by atoms with E-state index in [9.17, 15) is 0 Å². The summed E-state index contributed by atoms with van der Waals surface area (Å²) in [7, 11) is 1.70. The Morgan fingerprint density at radius 2 is 2.00 bits per heavy atom.